The number of carbonyl (C=O) groups is 1. The van der Waals surface area contributed by atoms with E-state index in [0.717, 1.165) is 5.56 Å². The Morgan fingerprint density at radius 2 is 1.69 bits per heavy atom. The molecule has 0 unspecified atom stereocenters. The lowest BCUT2D eigenvalue weighted by molar-refractivity contribution is 0.0996. The van der Waals surface area contributed by atoms with Crippen molar-refractivity contribution in [2.24, 2.45) is 5.73 Å². The summed E-state index contributed by atoms with van der Waals surface area (Å²) in [6, 6.07) is 13.6. The van der Waals surface area contributed by atoms with Gasteiger partial charge in [-0.25, -0.2) is 4.39 Å². The van der Waals surface area contributed by atoms with Gasteiger partial charge in [-0.05, 0) is 11.6 Å². The fourth-order valence-corrected chi connectivity index (χ4v) is 1.56. The minimum atomic E-state index is -0.754. The van der Waals surface area contributed by atoms with Gasteiger partial charge in [-0.15, -0.1) is 0 Å². The van der Waals surface area contributed by atoms with E-state index in [2.05, 4.69) is 0 Å². The van der Waals surface area contributed by atoms with Gasteiger partial charge in [0.25, 0.3) is 5.91 Å². The topological polar surface area (TPSA) is 43.1 Å². The molecule has 16 heavy (non-hydrogen) atoms. The van der Waals surface area contributed by atoms with E-state index in [4.69, 9.17) is 5.73 Å². The lowest BCUT2D eigenvalue weighted by Crippen LogP contribution is -2.13. The number of primary amides is 1. The molecule has 0 fully saturated rings. The summed E-state index contributed by atoms with van der Waals surface area (Å²) in [7, 11) is 0. The second-order valence-electron chi connectivity index (χ2n) is 3.40. The number of nitrogens with two attached hydrogens (primary N) is 1. The van der Waals surface area contributed by atoms with Gasteiger partial charge in [-0.2, -0.15) is 0 Å². The molecule has 2 N–H and O–H groups in total. The van der Waals surface area contributed by atoms with Crippen molar-refractivity contribution >= 4 is 5.91 Å². The summed E-state index contributed by atoms with van der Waals surface area (Å²) >= 11 is 0. The average Bonchev–Trinajstić information content (AvgIpc) is 2.30. The number of rotatable bonds is 2. The molecule has 2 aromatic rings. The predicted octanol–water partition coefficient (Wildman–Crippen LogP) is 2.59. The van der Waals surface area contributed by atoms with E-state index in [1.165, 1.54) is 6.07 Å². The minimum absolute atomic E-state index is 0.0821. The number of carbonyl (C=O) groups excluding carboxylic acids is 1. The highest BCUT2D eigenvalue weighted by Gasteiger charge is 2.12. The summed E-state index contributed by atoms with van der Waals surface area (Å²) in [4.78, 5) is 11.0. The van der Waals surface area contributed by atoms with Crippen molar-refractivity contribution in [1.82, 2.24) is 0 Å². The molecule has 0 aliphatic heterocycles. The second-order valence-corrected chi connectivity index (χ2v) is 3.40. The monoisotopic (exact) mass is 215 g/mol. The van der Waals surface area contributed by atoms with E-state index in [1.807, 2.05) is 18.2 Å². The number of hydrogen-bond donors (Lipinski definition) is 1. The van der Waals surface area contributed by atoms with Crippen LogP contribution in [-0.4, -0.2) is 5.91 Å². The summed E-state index contributed by atoms with van der Waals surface area (Å²) < 4.78 is 13.9. The summed E-state index contributed by atoms with van der Waals surface area (Å²) in [5, 5.41) is 0. The number of halogens is 1. The third-order valence-corrected chi connectivity index (χ3v) is 2.35. The summed E-state index contributed by atoms with van der Waals surface area (Å²) in [5.74, 6) is -1.32. The molecular formula is C13H10FNO. The fourth-order valence-electron chi connectivity index (χ4n) is 1.56. The van der Waals surface area contributed by atoms with Crippen LogP contribution in [0.1, 0.15) is 10.4 Å². The summed E-state index contributed by atoms with van der Waals surface area (Å²) in [6.45, 7) is 0. The Labute approximate surface area is 92.5 Å². The van der Waals surface area contributed by atoms with E-state index in [9.17, 15) is 9.18 Å². The Balaban J connectivity index is 2.59. The van der Waals surface area contributed by atoms with Gasteiger partial charge in [0.05, 0.1) is 5.56 Å². The molecule has 0 heterocycles. The van der Waals surface area contributed by atoms with E-state index in [1.54, 1.807) is 24.3 Å². The molecule has 1 amide bonds. The van der Waals surface area contributed by atoms with E-state index >= 15 is 0 Å². The first kappa shape index (κ1) is 10.4. The van der Waals surface area contributed by atoms with Gasteiger partial charge < -0.3 is 5.73 Å². The van der Waals surface area contributed by atoms with Crippen LogP contribution in [0.4, 0.5) is 4.39 Å². The SMILES string of the molecule is NC(=O)c1cccc(-c2ccccc2)c1F. The third-order valence-electron chi connectivity index (χ3n) is 2.35. The smallest absolute Gasteiger partial charge is 0.251 e. The molecule has 0 saturated heterocycles. The lowest BCUT2D eigenvalue weighted by Gasteiger charge is -2.05. The van der Waals surface area contributed by atoms with Crippen LogP contribution < -0.4 is 5.73 Å². The maximum atomic E-state index is 13.9. The highest BCUT2D eigenvalue weighted by molar-refractivity contribution is 5.94. The van der Waals surface area contributed by atoms with Gasteiger partial charge in [0.2, 0.25) is 0 Å². The first-order valence-electron chi connectivity index (χ1n) is 4.84. The van der Waals surface area contributed by atoms with Crippen LogP contribution in [0.15, 0.2) is 48.5 Å². The maximum Gasteiger partial charge on any atom is 0.251 e. The average molecular weight is 215 g/mol. The van der Waals surface area contributed by atoms with Crippen LogP contribution in [0, 0.1) is 5.82 Å². The van der Waals surface area contributed by atoms with Crippen LogP contribution in [-0.2, 0) is 0 Å². The first-order valence-corrected chi connectivity index (χ1v) is 4.84. The summed E-state index contributed by atoms with van der Waals surface area (Å²) in [6.07, 6.45) is 0. The molecule has 2 rings (SSSR count). The Morgan fingerprint density at radius 3 is 2.31 bits per heavy atom. The van der Waals surface area contributed by atoms with E-state index in [0.29, 0.717) is 5.56 Å². The zero-order valence-corrected chi connectivity index (χ0v) is 8.48. The molecule has 0 spiro atoms. The second kappa shape index (κ2) is 4.14. The van der Waals surface area contributed by atoms with Crippen molar-refractivity contribution in [1.29, 1.82) is 0 Å². The van der Waals surface area contributed by atoms with Crippen molar-refractivity contribution in [2.75, 3.05) is 0 Å². The highest BCUT2D eigenvalue weighted by Crippen LogP contribution is 2.24. The Kier molecular flexibility index (Phi) is 2.68. The molecule has 0 aromatic heterocycles. The van der Waals surface area contributed by atoms with Crippen molar-refractivity contribution in [3.63, 3.8) is 0 Å². The third kappa shape index (κ3) is 1.80. The number of benzene rings is 2. The van der Waals surface area contributed by atoms with Gasteiger partial charge in [0.15, 0.2) is 0 Å². The molecule has 0 saturated carbocycles. The standard InChI is InChI=1S/C13H10FNO/c14-12-10(9-5-2-1-3-6-9)7-4-8-11(12)13(15)16/h1-8H,(H2,15,16). The minimum Gasteiger partial charge on any atom is -0.366 e. The van der Waals surface area contributed by atoms with Gasteiger partial charge in [-0.1, -0.05) is 42.5 Å². The molecular weight excluding hydrogens is 205 g/mol. The van der Waals surface area contributed by atoms with Crippen molar-refractivity contribution in [3.05, 3.63) is 59.9 Å². The molecule has 2 nitrogen and oxygen atoms in total. The zero-order chi connectivity index (χ0) is 11.5. The van der Waals surface area contributed by atoms with Crippen LogP contribution in [0.25, 0.3) is 11.1 Å². The van der Waals surface area contributed by atoms with Gasteiger partial charge in [-0.3, -0.25) is 4.79 Å². The fraction of sp³-hybridized carbons (Fsp3) is 0. The molecule has 2 aromatic carbocycles. The quantitative estimate of drug-likeness (QED) is 0.822. The van der Waals surface area contributed by atoms with Crippen molar-refractivity contribution < 1.29 is 9.18 Å². The highest BCUT2D eigenvalue weighted by atomic mass is 19.1. The van der Waals surface area contributed by atoms with Gasteiger partial charge in [0.1, 0.15) is 5.82 Å². The molecule has 0 aliphatic carbocycles. The molecule has 0 aliphatic rings. The van der Waals surface area contributed by atoms with E-state index < -0.39 is 11.7 Å². The Morgan fingerprint density at radius 1 is 1.00 bits per heavy atom. The van der Waals surface area contributed by atoms with Crippen LogP contribution in [0.2, 0.25) is 0 Å². The van der Waals surface area contributed by atoms with Gasteiger partial charge >= 0.3 is 0 Å². The maximum absolute atomic E-state index is 13.9. The van der Waals surface area contributed by atoms with Gasteiger partial charge in [0, 0.05) is 5.56 Å². The predicted molar refractivity (Wildman–Crippen MR) is 60.4 cm³/mol. The molecule has 0 bridgehead atoms. The van der Waals surface area contributed by atoms with Crippen molar-refractivity contribution in [2.45, 2.75) is 0 Å². The Bertz CT molecular complexity index is 523. The molecule has 0 radical (unpaired) electrons. The molecule has 80 valence electrons. The van der Waals surface area contributed by atoms with Crippen LogP contribution in [0.3, 0.4) is 0 Å². The lowest BCUT2D eigenvalue weighted by atomic mass is 10.0. The molecule has 0 atom stereocenters. The van der Waals surface area contributed by atoms with Crippen LogP contribution >= 0.6 is 0 Å². The summed E-state index contributed by atoms with van der Waals surface area (Å²) in [5.41, 5.74) is 6.11. The zero-order valence-electron chi connectivity index (χ0n) is 8.48. The van der Waals surface area contributed by atoms with Crippen molar-refractivity contribution in [3.8, 4) is 11.1 Å². The number of amides is 1. The molecule has 3 heteroatoms. The largest absolute Gasteiger partial charge is 0.366 e. The van der Waals surface area contributed by atoms with Crippen LogP contribution in [0.5, 0.6) is 0 Å². The Hall–Kier alpha value is -2.16. The normalized spacial score (nSPS) is 10.1. The van der Waals surface area contributed by atoms with E-state index in [-0.39, 0.29) is 5.56 Å². The number of hydrogen-bond acceptors (Lipinski definition) is 1. The first-order chi connectivity index (χ1) is 7.70.